The van der Waals surface area contributed by atoms with E-state index < -0.39 is 22.0 Å². The first-order valence-electron chi connectivity index (χ1n) is 7.97. The van der Waals surface area contributed by atoms with Gasteiger partial charge in [0.15, 0.2) is 0 Å². The molecular formula is C17H21ClN2O5S2. The van der Waals surface area contributed by atoms with Gasteiger partial charge in [-0.2, -0.15) is 4.72 Å². The molecule has 1 atom stereocenters. The number of hydrogen-bond acceptors (Lipinski definition) is 6. The summed E-state index contributed by atoms with van der Waals surface area (Å²) in [6.45, 7) is 3.50. The molecule has 27 heavy (non-hydrogen) atoms. The van der Waals surface area contributed by atoms with Crippen LogP contribution in [0.25, 0.3) is 0 Å². The van der Waals surface area contributed by atoms with E-state index in [-0.39, 0.29) is 15.1 Å². The number of ether oxygens (including phenoxy) is 2. The highest BCUT2D eigenvalue weighted by atomic mass is 35.5. The van der Waals surface area contributed by atoms with Gasteiger partial charge in [0.2, 0.25) is 5.91 Å². The van der Waals surface area contributed by atoms with E-state index in [0.29, 0.717) is 17.2 Å². The lowest BCUT2D eigenvalue weighted by Gasteiger charge is -2.22. The molecule has 0 aliphatic heterocycles. The van der Waals surface area contributed by atoms with Gasteiger partial charge in [-0.3, -0.25) is 4.79 Å². The Labute approximate surface area is 167 Å². The van der Waals surface area contributed by atoms with Crippen LogP contribution in [-0.2, 0) is 14.8 Å². The highest BCUT2D eigenvalue weighted by molar-refractivity contribution is 7.91. The van der Waals surface area contributed by atoms with Gasteiger partial charge in [-0.1, -0.05) is 31.5 Å². The lowest BCUT2D eigenvalue weighted by Crippen LogP contribution is -2.46. The molecule has 148 valence electrons. The SMILES string of the molecule is COc1cc(OC)c(NC(=O)C(NS(=O)(=O)c2cccs2)C(C)C)cc1Cl. The summed E-state index contributed by atoms with van der Waals surface area (Å²) in [5.74, 6) is -0.0809. The van der Waals surface area contributed by atoms with Crippen LogP contribution in [0.2, 0.25) is 5.02 Å². The van der Waals surface area contributed by atoms with Crippen molar-refractivity contribution in [3.63, 3.8) is 0 Å². The van der Waals surface area contributed by atoms with Crippen LogP contribution < -0.4 is 19.5 Å². The molecule has 1 heterocycles. The highest BCUT2D eigenvalue weighted by Gasteiger charge is 2.29. The summed E-state index contributed by atoms with van der Waals surface area (Å²) in [6, 6.07) is 5.16. The maximum Gasteiger partial charge on any atom is 0.250 e. The third-order valence-corrected chi connectivity index (χ3v) is 6.86. The third-order valence-electron chi connectivity index (χ3n) is 3.72. The second-order valence-electron chi connectivity index (χ2n) is 5.95. The third kappa shape index (κ3) is 5.13. The van der Waals surface area contributed by atoms with Gasteiger partial charge in [0.1, 0.15) is 21.8 Å². The predicted octanol–water partition coefficient (Wildman–Crippen LogP) is 3.36. The maximum atomic E-state index is 12.8. The second-order valence-corrected chi connectivity index (χ2v) is 9.25. The summed E-state index contributed by atoms with van der Waals surface area (Å²) in [5, 5.41) is 4.62. The molecule has 1 unspecified atom stereocenters. The van der Waals surface area contributed by atoms with Crippen molar-refractivity contribution < 1.29 is 22.7 Å². The van der Waals surface area contributed by atoms with Gasteiger partial charge in [-0.25, -0.2) is 8.42 Å². The number of rotatable bonds is 8. The zero-order valence-electron chi connectivity index (χ0n) is 15.3. The molecule has 0 radical (unpaired) electrons. The number of halogens is 1. The van der Waals surface area contributed by atoms with Crippen LogP contribution >= 0.6 is 22.9 Å². The van der Waals surface area contributed by atoms with Crippen LogP contribution in [0.15, 0.2) is 33.9 Å². The number of carbonyl (C=O) groups excluding carboxylic acids is 1. The molecule has 0 spiro atoms. The number of anilines is 1. The minimum atomic E-state index is -3.80. The quantitative estimate of drug-likeness (QED) is 0.667. The summed E-state index contributed by atoms with van der Waals surface area (Å²) in [7, 11) is -0.895. The molecule has 0 saturated heterocycles. The first-order valence-corrected chi connectivity index (χ1v) is 10.7. The molecule has 7 nitrogen and oxygen atoms in total. The Morgan fingerprint density at radius 3 is 2.37 bits per heavy atom. The average molecular weight is 433 g/mol. The largest absolute Gasteiger partial charge is 0.495 e. The van der Waals surface area contributed by atoms with Crippen LogP contribution in [-0.4, -0.2) is 34.6 Å². The Balaban J connectivity index is 2.27. The van der Waals surface area contributed by atoms with Crippen molar-refractivity contribution in [1.29, 1.82) is 0 Å². The lowest BCUT2D eigenvalue weighted by atomic mass is 10.0. The van der Waals surface area contributed by atoms with Gasteiger partial charge in [-0.05, 0) is 23.4 Å². The normalized spacial score (nSPS) is 12.7. The first kappa shape index (κ1) is 21.5. The molecule has 0 fully saturated rings. The van der Waals surface area contributed by atoms with E-state index in [0.717, 1.165) is 11.3 Å². The van der Waals surface area contributed by atoms with E-state index in [4.69, 9.17) is 21.1 Å². The molecule has 2 aromatic rings. The Hall–Kier alpha value is -1.81. The van der Waals surface area contributed by atoms with Crippen molar-refractivity contribution in [1.82, 2.24) is 4.72 Å². The van der Waals surface area contributed by atoms with Gasteiger partial charge in [0.25, 0.3) is 10.0 Å². The number of nitrogens with one attached hydrogen (secondary N) is 2. The molecular weight excluding hydrogens is 412 g/mol. The van der Waals surface area contributed by atoms with Crippen molar-refractivity contribution in [2.75, 3.05) is 19.5 Å². The summed E-state index contributed by atoms with van der Waals surface area (Å²) < 4.78 is 38.0. The Morgan fingerprint density at radius 1 is 1.19 bits per heavy atom. The average Bonchev–Trinajstić information content (AvgIpc) is 3.15. The van der Waals surface area contributed by atoms with E-state index >= 15 is 0 Å². The molecule has 0 aliphatic rings. The predicted molar refractivity (Wildman–Crippen MR) is 106 cm³/mol. The fourth-order valence-corrected chi connectivity index (χ4v) is 4.90. The van der Waals surface area contributed by atoms with Gasteiger partial charge in [-0.15, -0.1) is 11.3 Å². The smallest absolute Gasteiger partial charge is 0.250 e. The van der Waals surface area contributed by atoms with Crippen molar-refractivity contribution in [3.8, 4) is 11.5 Å². The monoisotopic (exact) mass is 432 g/mol. The van der Waals surface area contributed by atoms with Crippen molar-refractivity contribution >= 4 is 44.6 Å². The molecule has 10 heteroatoms. The van der Waals surface area contributed by atoms with E-state index in [1.165, 1.54) is 32.4 Å². The van der Waals surface area contributed by atoms with Crippen LogP contribution in [0, 0.1) is 5.92 Å². The standard InChI is InChI=1S/C17H21ClN2O5S2/c1-10(2)16(20-27(22,23)15-6-5-7-26-15)17(21)19-12-8-11(18)13(24-3)9-14(12)25-4/h5-10,16,20H,1-4H3,(H,19,21). The number of benzene rings is 1. The number of amides is 1. The van der Waals surface area contributed by atoms with Crippen molar-refractivity contribution in [2.45, 2.75) is 24.1 Å². The Kier molecular flexibility index (Phi) is 7.10. The zero-order valence-corrected chi connectivity index (χ0v) is 17.7. The van der Waals surface area contributed by atoms with E-state index in [1.54, 1.807) is 25.3 Å². The molecule has 0 saturated carbocycles. The molecule has 2 rings (SSSR count). The minimum absolute atomic E-state index is 0.144. The number of thiophene rings is 1. The number of hydrogen-bond donors (Lipinski definition) is 2. The Bertz CT molecular complexity index is 898. The van der Waals surface area contributed by atoms with Gasteiger partial charge in [0.05, 0.1) is 24.9 Å². The minimum Gasteiger partial charge on any atom is -0.495 e. The lowest BCUT2D eigenvalue weighted by molar-refractivity contribution is -0.118. The van der Waals surface area contributed by atoms with Crippen molar-refractivity contribution in [2.24, 2.45) is 5.92 Å². The number of sulfonamides is 1. The second kappa shape index (κ2) is 8.92. The summed E-state index contributed by atoms with van der Waals surface area (Å²) in [6.07, 6.45) is 0. The van der Waals surface area contributed by atoms with Crippen LogP contribution in [0.5, 0.6) is 11.5 Å². The van der Waals surface area contributed by atoms with Crippen LogP contribution in [0.1, 0.15) is 13.8 Å². The fourth-order valence-electron chi connectivity index (χ4n) is 2.30. The van der Waals surface area contributed by atoms with E-state index in [2.05, 4.69) is 10.0 Å². The number of methoxy groups -OCH3 is 2. The van der Waals surface area contributed by atoms with Crippen LogP contribution in [0.4, 0.5) is 5.69 Å². The maximum absolute atomic E-state index is 12.8. The summed E-state index contributed by atoms with van der Waals surface area (Å²) in [5.41, 5.74) is 0.314. The van der Waals surface area contributed by atoms with E-state index in [9.17, 15) is 13.2 Å². The summed E-state index contributed by atoms with van der Waals surface area (Å²) >= 11 is 7.19. The van der Waals surface area contributed by atoms with Gasteiger partial charge < -0.3 is 14.8 Å². The van der Waals surface area contributed by atoms with Gasteiger partial charge >= 0.3 is 0 Å². The Morgan fingerprint density at radius 2 is 1.85 bits per heavy atom. The highest BCUT2D eigenvalue weighted by Crippen LogP contribution is 2.36. The summed E-state index contributed by atoms with van der Waals surface area (Å²) in [4.78, 5) is 12.8. The molecule has 0 aliphatic carbocycles. The molecule has 0 bridgehead atoms. The van der Waals surface area contributed by atoms with E-state index in [1.807, 2.05) is 0 Å². The van der Waals surface area contributed by atoms with Crippen LogP contribution in [0.3, 0.4) is 0 Å². The van der Waals surface area contributed by atoms with Crippen molar-refractivity contribution in [3.05, 3.63) is 34.7 Å². The topological polar surface area (TPSA) is 93.7 Å². The molecule has 1 aromatic heterocycles. The first-order chi connectivity index (χ1) is 12.7. The fraction of sp³-hybridized carbons (Fsp3) is 0.353. The zero-order chi connectivity index (χ0) is 20.2. The molecule has 1 aromatic carbocycles. The molecule has 1 amide bonds. The number of carbonyl (C=O) groups is 1. The molecule has 2 N–H and O–H groups in total. The van der Waals surface area contributed by atoms with Gasteiger partial charge in [0, 0.05) is 6.07 Å².